The third-order valence-corrected chi connectivity index (χ3v) is 2.12. The van der Waals surface area contributed by atoms with Crippen molar-refractivity contribution in [1.29, 1.82) is 0 Å². The first-order valence-corrected chi connectivity index (χ1v) is 4.30. The van der Waals surface area contributed by atoms with Crippen LogP contribution in [0.15, 0.2) is 34.9 Å². The molecule has 0 aliphatic rings. The number of carbonyl (C=O) groups excluding carboxylic acids is 1. The summed E-state index contributed by atoms with van der Waals surface area (Å²) in [5.74, 6) is 0. The molecule has 0 unspecified atom stereocenters. The summed E-state index contributed by atoms with van der Waals surface area (Å²) in [7, 11) is 0. The van der Waals surface area contributed by atoms with Gasteiger partial charge in [-0.25, -0.2) is 0 Å². The molecule has 0 spiro atoms. The van der Waals surface area contributed by atoms with Crippen molar-refractivity contribution < 1.29 is 9.21 Å². The maximum absolute atomic E-state index is 10.2. The summed E-state index contributed by atoms with van der Waals surface area (Å²) in [6.45, 7) is 0. The molecule has 2 heteroatoms. The lowest BCUT2D eigenvalue weighted by Crippen LogP contribution is -1.85. The van der Waals surface area contributed by atoms with Gasteiger partial charge in [0, 0.05) is 11.8 Å². The highest BCUT2D eigenvalue weighted by molar-refractivity contribution is 5.81. The summed E-state index contributed by atoms with van der Waals surface area (Å²) in [5, 5.41) is 1.12. The highest BCUT2D eigenvalue weighted by atomic mass is 16.3. The Morgan fingerprint density at radius 1 is 1.31 bits per heavy atom. The number of benzene rings is 1. The Balaban J connectivity index is 2.42. The number of furan rings is 1. The second-order valence-electron chi connectivity index (χ2n) is 2.95. The van der Waals surface area contributed by atoms with E-state index in [0.29, 0.717) is 6.42 Å². The van der Waals surface area contributed by atoms with Gasteiger partial charge in [0.25, 0.3) is 0 Å². The first-order chi connectivity index (χ1) is 6.42. The minimum atomic E-state index is 0.574. The van der Waals surface area contributed by atoms with E-state index >= 15 is 0 Å². The van der Waals surface area contributed by atoms with E-state index in [-0.39, 0.29) is 0 Å². The zero-order valence-corrected chi connectivity index (χ0v) is 7.19. The van der Waals surface area contributed by atoms with Crippen LogP contribution in [0.4, 0.5) is 0 Å². The molecule has 1 aromatic heterocycles. The van der Waals surface area contributed by atoms with Crippen LogP contribution in [0.1, 0.15) is 12.0 Å². The lowest BCUT2D eigenvalue weighted by molar-refractivity contribution is -0.107. The van der Waals surface area contributed by atoms with Crippen LogP contribution in [0.5, 0.6) is 0 Å². The van der Waals surface area contributed by atoms with Crippen LogP contribution < -0.4 is 0 Å². The Morgan fingerprint density at radius 2 is 2.23 bits per heavy atom. The number of rotatable bonds is 3. The molecular formula is C11H10O2. The highest BCUT2D eigenvalue weighted by Crippen LogP contribution is 2.20. The Labute approximate surface area is 76.2 Å². The SMILES string of the molecule is O=CCCc1cccc2occc12. The fraction of sp³-hybridized carbons (Fsp3) is 0.182. The number of hydrogen-bond donors (Lipinski definition) is 0. The van der Waals surface area contributed by atoms with Crippen LogP contribution in [0.2, 0.25) is 0 Å². The lowest BCUT2D eigenvalue weighted by atomic mass is 10.1. The van der Waals surface area contributed by atoms with E-state index in [0.717, 1.165) is 23.7 Å². The molecule has 0 fully saturated rings. The van der Waals surface area contributed by atoms with Crippen LogP contribution in [0.25, 0.3) is 11.0 Å². The van der Waals surface area contributed by atoms with E-state index in [4.69, 9.17) is 4.42 Å². The van der Waals surface area contributed by atoms with Gasteiger partial charge >= 0.3 is 0 Å². The quantitative estimate of drug-likeness (QED) is 0.669. The summed E-state index contributed by atoms with van der Waals surface area (Å²) < 4.78 is 5.25. The smallest absolute Gasteiger partial charge is 0.134 e. The van der Waals surface area contributed by atoms with Crippen molar-refractivity contribution in [3.63, 3.8) is 0 Å². The van der Waals surface area contributed by atoms with Crippen LogP contribution in [-0.2, 0) is 11.2 Å². The molecule has 1 heterocycles. The molecule has 13 heavy (non-hydrogen) atoms. The van der Waals surface area contributed by atoms with Crippen LogP contribution in [0, 0.1) is 0 Å². The minimum Gasteiger partial charge on any atom is -0.464 e. The lowest BCUT2D eigenvalue weighted by Gasteiger charge is -1.98. The molecule has 0 saturated carbocycles. The first kappa shape index (κ1) is 8.05. The van der Waals surface area contributed by atoms with E-state index in [1.54, 1.807) is 6.26 Å². The van der Waals surface area contributed by atoms with Gasteiger partial charge in [0.05, 0.1) is 6.26 Å². The van der Waals surface area contributed by atoms with Crippen molar-refractivity contribution in [2.45, 2.75) is 12.8 Å². The van der Waals surface area contributed by atoms with Crippen molar-refractivity contribution in [1.82, 2.24) is 0 Å². The standard InChI is InChI=1S/C11H10O2/c12-7-2-4-9-3-1-5-11-10(9)6-8-13-11/h1,3,5-8H,2,4H2. The third kappa shape index (κ3) is 1.47. The Bertz CT molecular complexity index is 415. The molecule has 0 radical (unpaired) electrons. The number of hydrogen-bond acceptors (Lipinski definition) is 2. The van der Waals surface area contributed by atoms with Crippen molar-refractivity contribution in [2.75, 3.05) is 0 Å². The second-order valence-corrected chi connectivity index (χ2v) is 2.95. The number of aryl methyl sites for hydroxylation is 1. The molecule has 2 nitrogen and oxygen atoms in total. The van der Waals surface area contributed by atoms with Gasteiger partial charge in [0.2, 0.25) is 0 Å². The van der Waals surface area contributed by atoms with Crippen molar-refractivity contribution in [3.8, 4) is 0 Å². The Morgan fingerprint density at radius 3 is 3.08 bits per heavy atom. The summed E-state index contributed by atoms with van der Waals surface area (Å²) in [6, 6.07) is 7.85. The monoisotopic (exact) mass is 174 g/mol. The van der Waals surface area contributed by atoms with Crippen LogP contribution in [0.3, 0.4) is 0 Å². The summed E-state index contributed by atoms with van der Waals surface area (Å²) in [6.07, 6.45) is 3.98. The summed E-state index contributed by atoms with van der Waals surface area (Å²) >= 11 is 0. The molecule has 0 aliphatic carbocycles. The van der Waals surface area contributed by atoms with Gasteiger partial charge in [-0.05, 0) is 24.1 Å². The van der Waals surface area contributed by atoms with E-state index in [1.165, 1.54) is 5.56 Å². The van der Waals surface area contributed by atoms with Gasteiger partial charge in [0.1, 0.15) is 11.9 Å². The number of fused-ring (bicyclic) bond motifs is 1. The number of aldehydes is 1. The molecule has 0 aliphatic heterocycles. The molecular weight excluding hydrogens is 164 g/mol. The molecule has 0 amide bonds. The van der Waals surface area contributed by atoms with Gasteiger partial charge in [-0.1, -0.05) is 12.1 Å². The first-order valence-electron chi connectivity index (χ1n) is 4.30. The van der Waals surface area contributed by atoms with Gasteiger partial charge in [-0.2, -0.15) is 0 Å². The zero-order valence-electron chi connectivity index (χ0n) is 7.19. The third-order valence-electron chi connectivity index (χ3n) is 2.12. The maximum Gasteiger partial charge on any atom is 0.134 e. The number of carbonyl (C=O) groups is 1. The van der Waals surface area contributed by atoms with Gasteiger partial charge in [-0.15, -0.1) is 0 Å². The average Bonchev–Trinajstić information content (AvgIpc) is 2.62. The van der Waals surface area contributed by atoms with Crippen molar-refractivity contribution >= 4 is 17.3 Å². The van der Waals surface area contributed by atoms with Crippen molar-refractivity contribution in [2.24, 2.45) is 0 Å². The minimum absolute atomic E-state index is 0.574. The topological polar surface area (TPSA) is 30.2 Å². The second kappa shape index (κ2) is 3.44. The van der Waals surface area contributed by atoms with Gasteiger partial charge in [0.15, 0.2) is 0 Å². The zero-order chi connectivity index (χ0) is 9.10. The van der Waals surface area contributed by atoms with E-state index in [1.807, 2.05) is 24.3 Å². The molecule has 0 saturated heterocycles. The van der Waals surface area contributed by atoms with Crippen LogP contribution >= 0.6 is 0 Å². The van der Waals surface area contributed by atoms with E-state index < -0.39 is 0 Å². The molecule has 1 aromatic carbocycles. The molecule has 66 valence electrons. The molecule has 2 rings (SSSR count). The van der Waals surface area contributed by atoms with E-state index in [9.17, 15) is 4.79 Å². The predicted molar refractivity (Wildman–Crippen MR) is 50.6 cm³/mol. The molecule has 0 bridgehead atoms. The highest BCUT2D eigenvalue weighted by Gasteiger charge is 2.01. The predicted octanol–water partition coefficient (Wildman–Crippen LogP) is 2.56. The average molecular weight is 174 g/mol. The maximum atomic E-state index is 10.2. The van der Waals surface area contributed by atoms with Crippen LogP contribution in [-0.4, -0.2) is 6.29 Å². The van der Waals surface area contributed by atoms with Gasteiger partial charge in [-0.3, -0.25) is 0 Å². The Kier molecular flexibility index (Phi) is 2.13. The molecule has 0 atom stereocenters. The van der Waals surface area contributed by atoms with Crippen molar-refractivity contribution in [3.05, 3.63) is 36.1 Å². The largest absolute Gasteiger partial charge is 0.464 e. The molecule has 0 N–H and O–H groups in total. The van der Waals surface area contributed by atoms with Gasteiger partial charge < -0.3 is 9.21 Å². The normalized spacial score (nSPS) is 10.5. The fourth-order valence-corrected chi connectivity index (χ4v) is 1.49. The Hall–Kier alpha value is -1.57. The molecule has 2 aromatic rings. The van der Waals surface area contributed by atoms with E-state index in [2.05, 4.69) is 0 Å². The fourth-order valence-electron chi connectivity index (χ4n) is 1.49. The summed E-state index contributed by atoms with van der Waals surface area (Å²) in [5.41, 5.74) is 2.07. The summed E-state index contributed by atoms with van der Waals surface area (Å²) in [4.78, 5) is 10.2.